The fraction of sp³-hybridized carbons (Fsp3) is 0.261. The van der Waals surface area contributed by atoms with Crippen molar-refractivity contribution in [3.63, 3.8) is 0 Å². The van der Waals surface area contributed by atoms with Crippen molar-refractivity contribution >= 4 is 52.9 Å². The minimum absolute atomic E-state index is 0. The van der Waals surface area contributed by atoms with Crippen molar-refractivity contribution in [2.75, 3.05) is 0 Å². The number of aryl methyl sites for hydroxylation is 1. The van der Waals surface area contributed by atoms with E-state index in [9.17, 15) is 0 Å². The van der Waals surface area contributed by atoms with Gasteiger partial charge in [-0.15, -0.1) is 18.2 Å². The van der Waals surface area contributed by atoms with E-state index in [0.717, 1.165) is 50.9 Å². The molecular formula is C46H50GeIrN2OSi-2. The van der Waals surface area contributed by atoms with Crippen molar-refractivity contribution in [2.24, 2.45) is 5.41 Å². The third-order valence-corrected chi connectivity index (χ3v) is 15.8. The molecule has 3 heterocycles. The first kappa shape index (κ1) is 39.6. The molecule has 0 fully saturated rings. The van der Waals surface area contributed by atoms with E-state index in [2.05, 4.69) is 166 Å². The average molecular weight is 940 g/mol. The molecule has 269 valence electrons. The normalized spacial score (nSPS) is 12.0. The number of fused-ring (bicyclic) bond motifs is 3. The maximum Gasteiger partial charge on any atom is 0 e. The van der Waals surface area contributed by atoms with Crippen LogP contribution in [0, 0.1) is 24.5 Å². The molecule has 4 aromatic carbocycles. The van der Waals surface area contributed by atoms with E-state index in [-0.39, 0.29) is 25.5 Å². The predicted molar refractivity (Wildman–Crippen MR) is 224 cm³/mol. The number of nitrogens with zero attached hydrogens (tertiary/aromatic N) is 2. The molecule has 1 radical (unpaired) electrons. The van der Waals surface area contributed by atoms with Crippen LogP contribution < -0.4 is 9.58 Å². The third kappa shape index (κ3) is 9.30. The molecule has 0 aliphatic carbocycles. The topological polar surface area (TPSA) is 38.9 Å². The standard InChI is InChI=1S/C31H32NOSi.C15H18GeN.Ir/c1-31(2,3)20-21-16-17-32-28(18-21)27-9-7-8-26-25-15-12-23(19-29(25)33-30(26)27)22-10-13-24(14-11-22)34(4,5)6;1-12-10-15(13-8-6-5-7-9-13)17-11-14(12)16(2,3)4;/h7-8,10-19H,20H2,1-6H3;5-8,10-11H,1-4H3;/q2*-1;. The SMILES string of the molecule is CC(C)(C)Cc1ccnc(-c2[c-]ccc3c2oc2cc(-c4ccc([Si](C)(C)C)cc4)ccc23)c1.Cc1cc(-c2[c-]cccc2)nc[c]1[Ge]([CH3])([CH3])[CH3].[Ir]. The number of aromatic nitrogens is 2. The van der Waals surface area contributed by atoms with Crippen LogP contribution in [0.5, 0.6) is 0 Å². The van der Waals surface area contributed by atoms with Crippen LogP contribution >= 0.6 is 0 Å². The van der Waals surface area contributed by atoms with Gasteiger partial charge in [0.05, 0.1) is 13.7 Å². The van der Waals surface area contributed by atoms with Gasteiger partial charge in [-0.05, 0) is 40.8 Å². The van der Waals surface area contributed by atoms with Crippen molar-refractivity contribution in [1.29, 1.82) is 0 Å². The molecule has 0 aliphatic heterocycles. The van der Waals surface area contributed by atoms with Crippen molar-refractivity contribution < 1.29 is 24.5 Å². The number of benzene rings is 4. The van der Waals surface area contributed by atoms with Gasteiger partial charge in [0.15, 0.2) is 0 Å². The van der Waals surface area contributed by atoms with Crippen molar-refractivity contribution in [3.8, 4) is 33.6 Å². The second kappa shape index (κ2) is 15.8. The molecule has 0 N–H and O–H groups in total. The molecule has 52 heavy (non-hydrogen) atoms. The van der Waals surface area contributed by atoms with Gasteiger partial charge in [-0.3, -0.25) is 0 Å². The second-order valence-electron chi connectivity index (χ2n) is 16.9. The van der Waals surface area contributed by atoms with E-state index in [0.29, 0.717) is 0 Å². The van der Waals surface area contributed by atoms with E-state index in [1.54, 1.807) is 0 Å². The number of pyridine rings is 2. The summed E-state index contributed by atoms with van der Waals surface area (Å²) >= 11 is -1.77. The second-order valence-corrected chi connectivity index (χ2v) is 32.6. The molecule has 0 bridgehead atoms. The number of hydrogen-bond acceptors (Lipinski definition) is 3. The summed E-state index contributed by atoms with van der Waals surface area (Å²) in [6.07, 6.45) is 4.97. The van der Waals surface area contributed by atoms with E-state index in [1.807, 2.05) is 30.5 Å². The summed E-state index contributed by atoms with van der Waals surface area (Å²) in [5.41, 5.74) is 10.9. The average Bonchev–Trinajstić information content (AvgIpc) is 3.46. The molecular weight excluding hydrogens is 889 g/mol. The van der Waals surface area contributed by atoms with Crippen LogP contribution in [0.3, 0.4) is 0 Å². The first-order valence-corrected chi connectivity index (χ1v) is 28.8. The number of hydrogen-bond donors (Lipinski definition) is 0. The molecule has 0 atom stereocenters. The summed E-state index contributed by atoms with van der Waals surface area (Å²) in [5.74, 6) is 7.20. The van der Waals surface area contributed by atoms with Gasteiger partial charge in [0.2, 0.25) is 0 Å². The molecule has 0 saturated carbocycles. The van der Waals surface area contributed by atoms with Gasteiger partial charge in [0.1, 0.15) is 5.58 Å². The first-order chi connectivity index (χ1) is 24.1. The predicted octanol–water partition coefficient (Wildman–Crippen LogP) is 11.6. The summed E-state index contributed by atoms with van der Waals surface area (Å²) < 4.78 is 7.94. The Kier molecular flexibility index (Phi) is 12.0. The molecule has 3 aromatic heterocycles. The molecule has 0 amide bonds. The monoisotopic (exact) mass is 941 g/mol. The van der Waals surface area contributed by atoms with Crippen LogP contribution in [-0.4, -0.2) is 31.3 Å². The summed E-state index contributed by atoms with van der Waals surface area (Å²) in [6.45, 7) is 16.1. The van der Waals surface area contributed by atoms with E-state index < -0.39 is 21.3 Å². The minimum Gasteiger partial charge on any atom is 0 e. The van der Waals surface area contributed by atoms with E-state index in [4.69, 9.17) is 4.42 Å². The van der Waals surface area contributed by atoms with Crippen LogP contribution in [0.2, 0.25) is 36.9 Å². The van der Waals surface area contributed by atoms with Crippen LogP contribution in [-0.2, 0) is 26.5 Å². The molecule has 0 spiro atoms. The number of furan rings is 1. The van der Waals surface area contributed by atoms with Gasteiger partial charge in [-0.2, -0.15) is 0 Å². The molecule has 7 aromatic rings. The molecule has 0 saturated heterocycles. The minimum atomic E-state index is -1.77. The van der Waals surface area contributed by atoms with Crippen LogP contribution in [0.1, 0.15) is 31.9 Å². The van der Waals surface area contributed by atoms with Crippen LogP contribution in [0.4, 0.5) is 0 Å². The number of rotatable bonds is 6. The molecule has 0 aliphatic rings. The van der Waals surface area contributed by atoms with E-state index in [1.165, 1.54) is 31.8 Å². The van der Waals surface area contributed by atoms with E-state index >= 15 is 0 Å². The zero-order valence-corrected chi connectivity index (χ0v) is 37.7. The summed E-state index contributed by atoms with van der Waals surface area (Å²) in [4.78, 5) is 9.26. The Morgan fingerprint density at radius 2 is 1.48 bits per heavy atom. The Labute approximate surface area is 328 Å². The summed E-state index contributed by atoms with van der Waals surface area (Å²) in [5, 5.41) is 3.70. The maximum absolute atomic E-state index is 6.45. The molecule has 3 nitrogen and oxygen atoms in total. The quantitative estimate of drug-likeness (QED) is 0.123. The Balaban J connectivity index is 0.000000245. The Bertz CT molecular complexity index is 2290. The largest absolute Gasteiger partial charge is 0 e. The zero-order chi connectivity index (χ0) is 36.6. The van der Waals surface area contributed by atoms with Crippen LogP contribution in [0.15, 0.2) is 114 Å². The summed E-state index contributed by atoms with van der Waals surface area (Å²) in [6, 6.07) is 40.7. The molecule has 7 rings (SSSR count). The Morgan fingerprint density at radius 1 is 0.750 bits per heavy atom. The van der Waals surface area contributed by atoms with Gasteiger partial charge >= 0.3 is 106 Å². The van der Waals surface area contributed by atoms with Gasteiger partial charge in [0.25, 0.3) is 0 Å². The smallest absolute Gasteiger partial charge is 0 e. The third-order valence-electron chi connectivity index (χ3n) is 9.24. The van der Waals surface area contributed by atoms with Crippen molar-refractivity contribution in [3.05, 3.63) is 133 Å². The van der Waals surface area contributed by atoms with Crippen molar-refractivity contribution in [1.82, 2.24) is 9.97 Å². The fourth-order valence-corrected chi connectivity index (χ4v) is 11.4. The Morgan fingerprint density at radius 3 is 2.12 bits per heavy atom. The van der Waals surface area contributed by atoms with Gasteiger partial charge in [-0.25, -0.2) is 0 Å². The van der Waals surface area contributed by atoms with Gasteiger partial charge < -0.3 is 9.40 Å². The Hall–Kier alpha value is -3.61. The first-order valence-electron chi connectivity index (χ1n) is 17.9. The van der Waals surface area contributed by atoms with Gasteiger partial charge in [0, 0.05) is 31.7 Å². The maximum atomic E-state index is 6.45. The summed E-state index contributed by atoms with van der Waals surface area (Å²) in [7, 11) is -1.31. The van der Waals surface area contributed by atoms with Crippen molar-refractivity contribution in [2.45, 2.75) is 71.0 Å². The molecule has 6 heteroatoms. The fourth-order valence-electron chi connectivity index (χ4n) is 6.65. The van der Waals surface area contributed by atoms with Gasteiger partial charge in [-0.1, -0.05) is 105 Å². The van der Waals surface area contributed by atoms with Crippen LogP contribution in [0.25, 0.3) is 55.6 Å². The zero-order valence-electron chi connectivity index (χ0n) is 32.2. The molecule has 0 unspecified atom stereocenters.